The van der Waals surface area contributed by atoms with E-state index < -0.39 is 0 Å². The zero-order valence-electron chi connectivity index (χ0n) is 11.7. The normalized spacial score (nSPS) is 16.6. The zero-order valence-corrected chi connectivity index (χ0v) is 12.6. The lowest BCUT2D eigenvalue weighted by Gasteiger charge is -2.28. The van der Waals surface area contributed by atoms with Gasteiger partial charge in [-0.05, 0) is 18.3 Å². The van der Waals surface area contributed by atoms with Gasteiger partial charge in [0.2, 0.25) is 0 Å². The van der Waals surface area contributed by atoms with Crippen LogP contribution in [0.3, 0.4) is 0 Å². The SMILES string of the molecule is Cn1ccn(C[NH+]2CCN(c3cccc[nH+]3)CC2)c1=S. The van der Waals surface area contributed by atoms with Crippen molar-refractivity contribution in [3.8, 4) is 0 Å². The van der Waals surface area contributed by atoms with Crippen LogP contribution in [0.15, 0.2) is 36.8 Å². The molecule has 0 unspecified atom stereocenters. The summed E-state index contributed by atoms with van der Waals surface area (Å²) in [7, 11) is 2.00. The number of quaternary nitrogens is 1. The van der Waals surface area contributed by atoms with Crippen molar-refractivity contribution in [3.05, 3.63) is 41.6 Å². The van der Waals surface area contributed by atoms with Gasteiger partial charge in [0.25, 0.3) is 5.82 Å². The van der Waals surface area contributed by atoms with Crippen molar-refractivity contribution in [3.63, 3.8) is 0 Å². The molecule has 0 saturated carbocycles. The first kappa shape index (κ1) is 13.3. The van der Waals surface area contributed by atoms with E-state index in [0.29, 0.717) is 0 Å². The number of imidazole rings is 1. The molecule has 5 nitrogen and oxygen atoms in total. The number of anilines is 1. The Hall–Kier alpha value is -1.66. The smallest absolute Gasteiger partial charge is 0.274 e. The van der Waals surface area contributed by atoms with Crippen LogP contribution < -0.4 is 14.8 Å². The van der Waals surface area contributed by atoms with Crippen LogP contribution in [0.1, 0.15) is 0 Å². The molecule has 0 atom stereocenters. The molecule has 20 heavy (non-hydrogen) atoms. The van der Waals surface area contributed by atoms with Crippen molar-refractivity contribution in [2.24, 2.45) is 7.05 Å². The van der Waals surface area contributed by atoms with E-state index in [1.165, 1.54) is 5.82 Å². The number of H-pyrrole nitrogens is 1. The number of aryl methyl sites for hydroxylation is 1. The third-order valence-electron chi connectivity index (χ3n) is 3.92. The van der Waals surface area contributed by atoms with Crippen molar-refractivity contribution in [1.82, 2.24) is 9.13 Å². The molecule has 1 fully saturated rings. The van der Waals surface area contributed by atoms with Gasteiger partial charge in [-0.3, -0.25) is 9.47 Å². The Morgan fingerprint density at radius 2 is 2.05 bits per heavy atom. The number of aromatic nitrogens is 3. The summed E-state index contributed by atoms with van der Waals surface area (Å²) in [5.41, 5.74) is 0. The number of hydrogen-bond acceptors (Lipinski definition) is 2. The lowest BCUT2D eigenvalue weighted by atomic mass is 10.3. The van der Waals surface area contributed by atoms with Crippen LogP contribution in [0.5, 0.6) is 0 Å². The van der Waals surface area contributed by atoms with Crippen LogP contribution in [0.2, 0.25) is 0 Å². The molecule has 0 aromatic carbocycles. The van der Waals surface area contributed by atoms with Crippen molar-refractivity contribution >= 4 is 18.0 Å². The predicted octanol–water partition coefficient (Wildman–Crippen LogP) is -0.267. The average Bonchev–Trinajstić information content (AvgIpc) is 2.81. The lowest BCUT2D eigenvalue weighted by molar-refractivity contribution is -0.923. The van der Waals surface area contributed by atoms with E-state index in [0.717, 1.165) is 37.6 Å². The molecule has 0 radical (unpaired) electrons. The molecule has 0 amide bonds. The van der Waals surface area contributed by atoms with Crippen molar-refractivity contribution in [1.29, 1.82) is 0 Å². The van der Waals surface area contributed by atoms with E-state index in [2.05, 4.69) is 32.8 Å². The van der Waals surface area contributed by atoms with Gasteiger partial charge in [-0.25, -0.2) is 4.98 Å². The van der Waals surface area contributed by atoms with Gasteiger partial charge >= 0.3 is 0 Å². The summed E-state index contributed by atoms with van der Waals surface area (Å²) in [4.78, 5) is 7.30. The highest BCUT2D eigenvalue weighted by Gasteiger charge is 2.25. The number of nitrogens with one attached hydrogen (secondary N) is 2. The molecular formula is C14H21N5S+2. The van der Waals surface area contributed by atoms with Crippen LogP contribution in [0.4, 0.5) is 5.82 Å². The van der Waals surface area contributed by atoms with Crippen molar-refractivity contribution < 1.29 is 9.88 Å². The van der Waals surface area contributed by atoms with Gasteiger partial charge in [0, 0.05) is 25.5 Å². The van der Waals surface area contributed by atoms with Crippen molar-refractivity contribution in [2.45, 2.75) is 6.67 Å². The molecule has 2 aromatic rings. The molecule has 0 bridgehead atoms. The molecular weight excluding hydrogens is 270 g/mol. The minimum Gasteiger partial charge on any atom is -0.327 e. The Morgan fingerprint density at radius 1 is 1.25 bits per heavy atom. The van der Waals surface area contributed by atoms with Gasteiger partial charge in [0.05, 0.1) is 6.20 Å². The molecule has 106 valence electrons. The van der Waals surface area contributed by atoms with E-state index in [1.807, 2.05) is 30.1 Å². The average molecular weight is 291 g/mol. The lowest BCUT2D eigenvalue weighted by Crippen LogP contribution is -3.14. The summed E-state index contributed by atoms with van der Waals surface area (Å²) in [5, 5.41) is 0. The molecule has 0 spiro atoms. The van der Waals surface area contributed by atoms with E-state index in [4.69, 9.17) is 12.2 Å². The number of nitrogens with zero attached hydrogens (tertiary/aromatic N) is 3. The standard InChI is InChI=1S/C14H19N5S/c1-16-6-9-19(14(16)20)12-17-7-10-18(11-8-17)13-4-2-3-5-15-13/h2-6,9H,7-8,10-12H2,1H3/p+2. The Balaban J connectivity index is 1.59. The highest BCUT2D eigenvalue weighted by Crippen LogP contribution is 2.04. The largest absolute Gasteiger partial charge is 0.327 e. The highest BCUT2D eigenvalue weighted by molar-refractivity contribution is 7.71. The number of piperazine rings is 1. The van der Waals surface area contributed by atoms with Gasteiger partial charge in [-0.1, -0.05) is 6.07 Å². The van der Waals surface area contributed by atoms with E-state index in [-0.39, 0.29) is 0 Å². The highest BCUT2D eigenvalue weighted by atomic mass is 32.1. The first-order chi connectivity index (χ1) is 9.74. The maximum absolute atomic E-state index is 5.39. The fourth-order valence-corrected chi connectivity index (χ4v) is 2.86. The maximum Gasteiger partial charge on any atom is 0.274 e. The van der Waals surface area contributed by atoms with Crippen LogP contribution in [0, 0.1) is 4.77 Å². The van der Waals surface area contributed by atoms with E-state index in [1.54, 1.807) is 4.90 Å². The Kier molecular flexibility index (Phi) is 3.84. The van der Waals surface area contributed by atoms with Gasteiger partial charge in [-0.2, -0.15) is 0 Å². The van der Waals surface area contributed by atoms with E-state index in [9.17, 15) is 0 Å². The number of rotatable bonds is 3. The maximum atomic E-state index is 5.39. The van der Waals surface area contributed by atoms with Gasteiger partial charge in [0.1, 0.15) is 26.2 Å². The van der Waals surface area contributed by atoms with Gasteiger partial charge < -0.3 is 9.47 Å². The zero-order chi connectivity index (χ0) is 13.9. The van der Waals surface area contributed by atoms with Crippen molar-refractivity contribution in [2.75, 3.05) is 31.1 Å². The number of hydrogen-bond donors (Lipinski definition) is 1. The quantitative estimate of drug-likeness (QED) is 0.790. The summed E-state index contributed by atoms with van der Waals surface area (Å²) in [6.07, 6.45) is 6.08. The molecule has 2 aromatic heterocycles. The van der Waals surface area contributed by atoms with Gasteiger partial charge in [0.15, 0.2) is 11.4 Å². The topological polar surface area (TPSA) is 31.7 Å². The van der Waals surface area contributed by atoms with Crippen LogP contribution >= 0.6 is 12.2 Å². The van der Waals surface area contributed by atoms with Gasteiger partial charge in [-0.15, -0.1) is 0 Å². The number of aromatic amines is 1. The molecule has 1 saturated heterocycles. The first-order valence-corrected chi connectivity index (χ1v) is 7.42. The minimum atomic E-state index is 0.899. The minimum absolute atomic E-state index is 0.899. The Morgan fingerprint density at radius 3 is 2.65 bits per heavy atom. The summed E-state index contributed by atoms with van der Waals surface area (Å²) in [5.74, 6) is 1.21. The third kappa shape index (κ3) is 2.76. The van der Waals surface area contributed by atoms with Crippen LogP contribution in [-0.4, -0.2) is 35.3 Å². The molecule has 3 rings (SSSR count). The second kappa shape index (κ2) is 5.76. The summed E-state index contributed by atoms with van der Waals surface area (Å²) in [6, 6.07) is 6.23. The van der Waals surface area contributed by atoms with E-state index >= 15 is 0 Å². The second-order valence-electron chi connectivity index (χ2n) is 5.30. The molecule has 3 heterocycles. The third-order valence-corrected chi connectivity index (χ3v) is 4.44. The summed E-state index contributed by atoms with van der Waals surface area (Å²) >= 11 is 5.39. The van der Waals surface area contributed by atoms with Crippen LogP contribution in [-0.2, 0) is 13.7 Å². The molecule has 1 aliphatic heterocycles. The summed E-state index contributed by atoms with van der Waals surface area (Å²) < 4.78 is 5.05. The fraction of sp³-hybridized carbons (Fsp3) is 0.429. The molecule has 2 N–H and O–H groups in total. The number of pyridine rings is 1. The first-order valence-electron chi connectivity index (χ1n) is 7.01. The van der Waals surface area contributed by atoms with Crippen LogP contribution in [0.25, 0.3) is 0 Å². The fourth-order valence-electron chi connectivity index (χ4n) is 2.67. The predicted molar refractivity (Wildman–Crippen MR) is 80.1 cm³/mol. The Labute approximate surface area is 124 Å². The molecule has 0 aliphatic carbocycles. The second-order valence-corrected chi connectivity index (χ2v) is 5.67. The molecule has 6 heteroatoms. The molecule has 1 aliphatic rings. The summed E-state index contributed by atoms with van der Waals surface area (Å²) in [6.45, 7) is 5.40. The Bertz CT molecular complexity index is 610. The monoisotopic (exact) mass is 291 g/mol.